The smallest absolute Gasteiger partial charge is 0.306 e. The Morgan fingerprint density at radius 1 is 0.594 bits per heavy atom. The normalized spacial score (nSPS) is 20.4. The van der Waals surface area contributed by atoms with Crippen LogP contribution in [0.1, 0.15) is 220 Å². The zero-order chi connectivity index (χ0) is 50.4. The van der Waals surface area contributed by atoms with Crippen LogP contribution >= 0.6 is 0 Å². The van der Waals surface area contributed by atoms with Gasteiger partial charge in [0.2, 0.25) is 5.91 Å². The second-order valence-corrected chi connectivity index (χ2v) is 19.0. The van der Waals surface area contributed by atoms with Gasteiger partial charge in [0.15, 0.2) is 12.4 Å². The molecule has 11 nitrogen and oxygen atoms in total. The zero-order valence-corrected chi connectivity index (χ0v) is 43.7. The number of unbranched alkanes of at least 4 members (excludes halogenated alkanes) is 22. The molecule has 0 radical (unpaired) electrons. The number of aliphatic hydroxyl groups is 5. The predicted molar refractivity (Wildman–Crippen MR) is 283 cm³/mol. The molecule has 1 amide bonds. The molecule has 8 unspecified atom stereocenters. The standard InChI is InChI=1S/C58H101NO10/c1-4-7-10-13-16-19-22-25-27-30-33-36-39-42-45-51(62)57(66)59-49(50(61)44-41-38-35-32-29-24-21-18-15-12-9-6-3)48-67-58-56(55(65)54(64)52(47-60)68-58)69-53(63)46-43-40-37-34-31-28-26-23-20-17-14-11-8-5-2/h8,11,16-17,19-20,22,25-26,28,41,44,49-52,54-56,58,60-62,64-65H,4-7,9-10,12-15,18,21,23-24,27,29-40,42-43,45-48H2,1-3H3,(H,59,66)/b11-8+,19-16+,20-17+,25-22+,28-26+,44-41+. The molecule has 0 aliphatic carbocycles. The van der Waals surface area contributed by atoms with E-state index in [1.807, 2.05) is 6.08 Å². The molecule has 1 saturated heterocycles. The largest absolute Gasteiger partial charge is 0.454 e. The Labute approximate surface area is 420 Å². The predicted octanol–water partition coefficient (Wildman–Crippen LogP) is 12.1. The quantitative estimate of drug-likeness (QED) is 0.0149. The molecular weight excluding hydrogens is 871 g/mol. The highest BCUT2D eigenvalue weighted by Crippen LogP contribution is 2.26. The van der Waals surface area contributed by atoms with E-state index in [0.717, 1.165) is 103 Å². The Kier molecular flexibility index (Phi) is 42.9. The summed E-state index contributed by atoms with van der Waals surface area (Å²) >= 11 is 0. The number of amides is 1. The Morgan fingerprint density at radius 2 is 1.09 bits per heavy atom. The maximum Gasteiger partial charge on any atom is 0.306 e. The lowest BCUT2D eigenvalue weighted by molar-refractivity contribution is -0.305. The fourth-order valence-electron chi connectivity index (χ4n) is 8.18. The van der Waals surface area contributed by atoms with Gasteiger partial charge in [0.25, 0.3) is 0 Å². The summed E-state index contributed by atoms with van der Waals surface area (Å²) in [6, 6.07) is -1.04. The number of allylic oxidation sites excluding steroid dienone is 11. The Balaban J connectivity index is 2.78. The highest BCUT2D eigenvalue weighted by Gasteiger charge is 2.47. The van der Waals surface area contributed by atoms with Gasteiger partial charge in [0, 0.05) is 6.42 Å². The topological polar surface area (TPSA) is 175 Å². The van der Waals surface area contributed by atoms with Crippen LogP contribution in [0.5, 0.6) is 0 Å². The van der Waals surface area contributed by atoms with Gasteiger partial charge < -0.3 is 45.1 Å². The number of aliphatic hydroxyl groups excluding tert-OH is 5. The lowest BCUT2D eigenvalue weighted by Gasteiger charge is -2.41. The van der Waals surface area contributed by atoms with E-state index < -0.39 is 67.4 Å². The highest BCUT2D eigenvalue weighted by atomic mass is 16.7. The maximum atomic E-state index is 13.3. The van der Waals surface area contributed by atoms with Gasteiger partial charge in [-0.05, 0) is 83.5 Å². The Bertz CT molecular complexity index is 1390. The molecule has 0 bridgehead atoms. The average Bonchev–Trinajstić information content (AvgIpc) is 3.34. The fraction of sp³-hybridized carbons (Fsp3) is 0.759. The second-order valence-electron chi connectivity index (χ2n) is 19.0. The van der Waals surface area contributed by atoms with Crippen LogP contribution in [0.15, 0.2) is 72.9 Å². The van der Waals surface area contributed by atoms with Crippen molar-refractivity contribution in [2.75, 3.05) is 13.2 Å². The molecule has 1 aliphatic heterocycles. The van der Waals surface area contributed by atoms with Gasteiger partial charge >= 0.3 is 5.97 Å². The van der Waals surface area contributed by atoms with Crippen molar-refractivity contribution in [3.05, 3.63) is 72.9 Å². The van der Waals surface area contributed by atoms with E-state index >= 15 is 0 Å². The number of rotatable bonds is 45. The monoisotopic (exact) mass is 972 g/mol. The van der Waals surface area contributed by atoms with Crippen LogP contribution in [0.3, 0.4) is 0 Å². The summed E-state index contributed by atoms with van der Waals surface area (Å²) in [6.07, 6.45) is 46.6. The molecule has 1 heterocycles. The van der Waals surface area contributed by atoms with Gasteiger partial charge in [0.1, 0.15) is 24.4 Å². The molecule has 8 atom stereocenters. The van der Waals surface area contributed by atoms with Gasteiger partial charge in [-0.15, -0.1) is 0 Å². The number of hydrogen-bond acceptors (Lipinski definition) is 10. The van der Waals surface area contributed by atoms with Crippen molar-refractivity contribution in [1.82, 2.24) is 5.32 Å². The first kappa shape index (κ1) is 64.1. The van der Waals surface area contributed by atoms with E-state index in [1.165, 1.54) is 70.6 Å². The number of ether oxygens (including phenoxy) is 3. The van der Waals surface area contributed by atoms with Crippen LogP contribution in [0, 0.1) is 0 Å². The number of esters is 1. The lowest BCUT2D eigenvalue weighted by Crippen LogP contribution is -2.61. The van der Waals surface area contributed by atoms with Crippen molar-refractivity contribution < 1.29 is 49.3 Å². The first-order valence-corrected chi connectivity index (χ1v) is 27.7. The molecule has 0 aromatic carbocycles. The maximum absolute atomic E-state index is 13.3. The third-order valence-electron chi connectivity index (χ3n) is 12.6. The van der Waals surface area contributed by atoms with Crippen LogP contribution in [-0.4, -0.2) is 99.6 Å². The van der Waals surface area contributed by atoms with Crippen molar-refractivity contribution >= 4 is 11.9 Å². The zero-order valence-electron chi connectivity index (χ0n) is 43.7. The summed E-state index contributed by atoms with van der Waals surface area (Å²) in [5.41, 5.74) is 0. The lowest BCUT2D eigenvalue weighted by atomic mass is 9.99. The molecule has 398 valence electrons. The van der Waals surface area contributed by atoms with Gasteiger partial charge in [0.05, 0.1) is 25.4 Å². The third-order valence-corrected chi connectivity index (χ3v) is 12.6. The van der Waals surface area contributed by atoms with Crippen LogP contribution in [0.25, 0.3) is 0 Å². The van der Waals surface area contributed by atoms with E-state index in [1.54, 1.807) is 6.08 Å². The van der Waals surface area contributed by atoms with Crippen LogP contribution in [-0.2, 0) is 23.8 Å². The molecule has 0 aromatic rings. The van der Waals surface area contributed by atoms with Gasteiger partial charge in [-0.2, -0.15) is 0 Å². The van der Waals surface area contributed by atoms with Crippen molar-refractivity contribution in [2.24, 2.45) is 0 Å². The first-order chi connectivity index (χ1) is 33.7. The van der Waals surface area contributed by atoms with E-state index in [-0.39, 0.29) is 19.4 Å². The highest BCUT2D eigenvalue weighted by molar-refractivity contribution is 5.80. The summed E-state index contributed by atoms with van der Waals surface area (Å²) in [5, 5.41) is 56.7. The number of carbonyl (C=O) groups excluding carboxylic acids is 2. The molecule has 1 aliphatic rings. The van der Waals surface area contributed by atoms with Gasteiger partial charge in [-0.1, -0.05) is 203 Å². The summed E-state index contributed by atoms with van der Waals surface area (Å²) in [6.45, 7) is 5.59. The van der Waals surface area contributed by atoms with Crippen molar-refractivity contribution in [1.29, 1.82) is 0 Å². The summed E-state index contributed by atoms with van der Waals surface area (Å²) in [7, 11) is 0. The SMILES string of the molecule is CC/C=C/C/C=C/C/C=C/CCCCCCC(=O)OC1C(OCC(NC(=O)C(O)CCCCCCC/C=C/C=C/CCCCC)C(O)/C=C/CCCCCCCCCCCC)OC(CO)C(O)C1O. The van der Waals surface area contributed by atoms with Crippen molar-refractivity contribution in [3.63, 3.8) is 0 Å². The van der Waals surface area contributed by atoms with Crippen LogP contribution in [0.2, 0.25) is 0 Å². The Hall–Kier alpha value is -2.90. The van der Waals surface area contributed by atoms with Crippen molar-refractivity contribution in [3.8, 4) is 0 Å². The fourth-order valence-corrected chi connectivity index (χ4v) is 8.18. The summed E-state index contributed by atoms with van der Waals surface area (Å²) in [5.74, 6) is -1.24. The number of carbonyl (C=O) groups is 2. The van der Waals surface area contributed by atoms with E-state index in [9.17, 15) is 35.1 Å². The van der Waals surface area contributed by atoms with Crippen molar-refractivity contribution in [2.45, 2.75) is 269 Å². The average molecular weight is 972 g/mol. The minimum atomic E-state index is -1.63. The van der Waals surface area contributed by atoms with E-state index in [4.69, 9.17) is 14.2 Å². The molecule has 11 heteroatoms. The van der Waals surface area contributed by atoms with E-state index in [2.05, 4.69) is 86.8 Å². The van der Waals surface area contributed by atoms with Gasteiger partial charge in [-0.3, -0.25) is 9.59 Å². The summed E-state index contributed by atoms with van der Waals surface area (Å²) in [4.78, 5) is 26.4. The second kappa shape index (κ2) is 46.2. The molecule has 1 rings (SSSR count). The van der Waals surface area contributed by atoms with Crippen LogP contribution < -0.4 is 5.32 Å². The molecule has 69 heavy (non-hydrogen) atoms. The molecule has 0 spiro atoms. The van der Waals surface area contributed by atoms with Gasteiger partial charge in [-0.25, -0.2) is 0 Å². The summed E-state index contributed by atoms with van der Waals surface area (Å²) < 4.78 is 17.5. The molecular formula is C58H101NO10. The number of hydrogen-bond donors (Lipinski definition) is 6. The number of nitrogens with one attached hydrogen (secondary N) is 1. The van der Waals surface area contributed by atoms with Crippen LogP contribution in [0.4, 0.5) is 0 Å². The third kappa shape index (κ3) is 35.0. The first-order valence-electron chi connectivity index (χ1n) is 27.7. The molecule has 0 aromatic heterocycles. The minimum Gasteiger partial charge on any atom is -0.454 e. The van der Waals surface area contributed by atoms with E-state index in [0.29, 0.717) is 12.8 Å². The molecule has 6 N–H and O–H groups in total. The Morgan fingerprint density at radius 3 is 1.68 bits per heavy atom. The molecule has 0 saturated carbocycles. The minimum absolute atomic E-state index is 0.0934. The molecule has 1 fully saturated rings.